The SMILES string of the molecule is COc1cccc(C2(C(C)F)CCCC2)c1. The smallest absolute Gasteiger partial charge is 0.119 e. The maximum Gasteiger partial charge on any atom is 0.119 e. The molecule has 0 heterocycles. The van der Waals surface area contributed by atoms with Crippen LogP contribution in [-0.2, 0) is 5.41 Å². The average molecular weight is 222 g/mol. The fourth-order valence-corrected chi connectivity index (χ4v) is 2.85. The number of alkyl halides is 1. The van der Waals surface area contributed by atoms with Gasteiger partial charge in [-0.15, -0.1) is 0 Å². The van der Waals surface area contributed by atoms with Crippen LogP contribution in [0.1, 0.15) is 38.2 Å². The zero-order chi connectivity index (χ0) is 11.6. The number of ether oxygens (including phenoxy) is 1. The van der Waals surface area contributed by atoms with Crippen molar-refractivity contribution in [3.05, 3.63) is 29.8 Å². The summed E-state index contributed by atoms with van der Waals surface area (Å²) in [4.78, 5) is 0. The molecule has 1 aromatic rings. The molecule has 1 atom stereocenters. The monoisotopic (exact) mass is 222 g/mol. The fourth-order valence-electron chi connectivity index (χ4n) is 2.85. The van der Waals surface area contributed by atoms with E-state index >= 15 is 0 Å². The molecule has 1 fully saturated rings. The number of rotatable bonds is 3. The molecule has 0 aromatic heterocycles. The Hall–Kier alpha value is -1.05. The Morgan fingerprint density at radius 1 is 1.31 bits per heavy atom. The summed E-state index contributed by atoms with van der Waals surface area (Å²) in [6, 6.07) is 7.89. The van der Waals surface area contributed by atoms with Gasteiger partial charge >= 0.3 is 0 Å². The summed E-state index contributed by atoms with van der Waals surface area (Å²) in [5, 5.41) is 0. The van der Waals surface area contributed by atoms with E-state index in [0.29, 0.717) is 0 Å². The maximum atomic E-state index is 13.9. The average Bonchev–Trinajstić information content (AvgIpc) is 2.79. The number of benzene rings is 1. The molecule has 1 aromatic carbocycles. The van der Waals surface area contributed by atoms with E-state index < -0.39 is 6.17 Å². The predicted octanol–water partition coefficient (Wildman–Crippen LogP) is 3.87. The zero-order valence-electron chi connectivity index (χ0n) is 10.0. The topological polar surface area (TPSA) is 9.23 Å². The Balaban J connectivity index is 2.39. The Morgan fingerprint density at radius 2 is 2.00 bits per heavy atom. The van der Waals surface area contributed by atoms with Gasteiger partial charge in [-0.1, -0.05) is 25.0 Å². The van der Waals surface area contributed by atoms with Crippen LogP contribution in [0.2, 0.25) is 0 Å². The third-order valence-corrected chi connectivity index (χ3v) is 3.90. The minimum absolute atomic E-state index is 0.269. The van der Waals surface area contributed by atoms with Gasteiger partial charge in [-0.05, 0) is 37.5 Å². The Morgan fingerprint density at radius 3 is 2.56 bits per heavy atom. The van der Waals surface area contributed by atoms with Crippen LogP contribution in [0.5, 0.6) is 5.75 Å². The van der Waals surface area contributed by atoms with Crippen LogP contribution in [0.15, 0.2) is 24.3 Å². The standard InChI is InChI=1S/C14H19FO/c1-11(15)14(8-3-4-9-14)12-6-5-7-13(10-12)16-2/h5-7,10-11H,3-4,8-9H2,1-2H3. The molecular weight excluding hydrogens is 203 g/mol. The second kappa shape index (κ2) is 4.44. The van der Waals surface area contributed by atoms with Crippen molar-refractivity contribution in [3.63, 3.8) is 0 Å². The largest absolute Gasteiger partial charge is 0.497 e. The molecule has 0 aliphatic heterocycles. The molecule has 1 saturated carbocycles. The highest BCUT2D eigenvalue weighted by atomic mass is 19.1. The summed E-state index contributed by atoms with van der Waals surface area (Å²) in [7, 11) is 1.65. The van der Waals surface area contributed by atoms with Gasteiger partial charge in [0.05, 0.1) is 7.11 Å². The first-order valence-electron chi connectivity index (χ1n) is 5.98. The minimum Gasteiger partial charge on any atom is -0.497 e. The Kier molecular flexibility index (Phi) is 3.17. The molecule has 16 heavy (non-hydrogen) atoms. The van der Waals surface area contributed by atoms with Crippen LogP contribution in [0.25, 0.3) is 0 Å². The Labute approximate surface area is 96.6 Å². The second-order valence-corrected chi connectivity index (χ2v) is 4.71. The highest BCUT2D eigenvalue weighted by molar-refractivity contribution is 5.35. The van der Waals surface area contributed by atoms with Crippen LogP contribution in [0.4, 0.5) is 4.39 Å². The third-order valence-electron chi connectivity index (χ3n) is 3.90. The summed E-state index contributed by atoms with van der Waals surface area (Å²) in [6.07, 6.45) is 3.38. The van der Waals surface area contributed by atoms with E-state index in [1.165, 1.54) is 0 Å². The molecular formula is C14H19FO. The van der Waals surface area contributed by atoms with Gasteiger partial charge in [0.25, 0.3) is 0 Å². The van der Waals surface area contributed by atoms with E-state index in [9.17, 15) is 4.39 Å². The van der Waals surface area contributed by atoms with Crippen molar-refractivity contribution >= 4 is 0 Å². The highest BCUT2D eigenvalue weighted by Crippen LogP contribution is 2.45. The summed E-state index contributed by atoms with van der Waals surface area (Å²) < 4.78 is 19.2. The van der Waals surface area contributed by atoms with Crippen molar-refractivity contribution in [2.45, 2.75) is 44.2 Å². The van der Waals surface area contributed by atoms with Gasteiger partial charge in [0.2, 0.25) is 0 Å². The molecule has 1 nitrogen and oxygen atoms in total. The summed E-state index contributed by atoms with van der Waals surface area (Å²) in [5.74, 6) is 0.824. The molecule has 0 amide bonds. The van der Waals surface area contributed by atoms with Crippen LogP contribution in [0.3, 0.4) is 0 Å². The zero-order valence-corrected chi connectivity index (χ0v) is 10.0. The number of halogens is 1. The first kappa shape index (κ1) is 11.4. The van der Waals surface area contributed by atoms with Crippen molar-refractivity contribution in [1.29, 1.82) is 0 Å². The summed E-state index contributed by atoms with van der Waals surface area (Å²) in [5.41, 5.74) is 0.827. The lowest BCUT2D eigenvalue weighted by molar-refractivity contribution is 0.206. The van der Waals surface area contributed by atoms with Gasteiger partial charge in [0, 0.05) is 5.41 Å². The molecule has 1 unspecified atom stereocenters. The molecule has 88 valence electrons. The van der Waals surface area contributed by atoms with E-state index in [0.717, 1.165) is 37.0 Å². The number of hydrogen-bond donors (Lipinski definition) is 0. The quantitative estimate of drug-likeness (QED) is 0.754. The lowest BCUT2D eigenvalue weighted by atomic mass is 9.75. The molecule has 0 saturated heterocycles. The van der Waals surface area contributed by atoms with Gasteiger partial charge in [0.15, 0.2) is 0 Å². The number of methoxy groups -OCH3 is 1. The first-order valence-corrected chi connectivity index (χ1v) is 5.98. The first-order chi connectivity index (χ1) is 7.69. The molecule has 1 aliphatic carbocycles. The third kappa shape index (κ3) is 1.81. The molecule has 0 spiro atoms. The van der Waals surface area contributed by atoms with Crippen LogP contribution in [-0.4, -0.2) is 13.3 Å². The van der Waals surface area contributed by atoms with Gasteiger partial charge < -0.3 is 4.74 Å². The van der Waals surface area contributed by atoms with Crippen LogP contribution < -0.4 is 4.74 Å². The molecule has 1 aliphatic rings. The summed E-state index contributed by atoms with van der Waals surface area (Å²) in [6.45, 7) is 1.69. The van der Waals surface area contributed by atoms with Crippen LogP contribution in [0, 0.1) is 0 Å². The minimum atomic E-state index is -0.790. The maximum absolute atomic E-state index is 13.9. The van der Waals surface area contributed by atoms with E-state index in [2.05, 4.69) is 0 Å². The van der Waals surface area contributed by atoms with Gasteiger partial charge in [0.1, 0.15) is 11.9 Å². The van der Waals surface area contributed by atoms with E-state index in [1.807, 2.05) is 24.3 Å². The van der Waals surface area contributed by atoms with E-state index in [-0.39, 0.29) is 5.41 Å². The summed E-state index contributed by atoms with van der Waals surface area (Å²) >= 11 is 0. The van der Waals surface area contributed by atoms with E-state index in [1.54, 1.807) is 14.0 Å². The second-order valence-electron chi connectivity index (χ2n) is 4.71. The van der Waals surface area contributed by atoms with Gasteiger partial charge in [-0.3, -0.25) is 0 Å². The van der Waals surface area contributed by atoms with Crippen LogP contribution >= 0.6 is 0 Å². The molecule has 0 bridgehead atoms. The van der Waals surface area contributed by atoms with Crippen molar-refractivity contribution in [3.8, 4) is 5.75 Å². The normalized spacial score (nSPS) is 20.7. The molecule has 0 radical (unpaired) electrons. The fraction of sp³-hybridized carbons (Fsp3) is 0.571. The molecule has 0 N–H and O–H groups in total. The van der Waals surface area contributed by atoms with Crippen molar-refractivity contribution in [2.24, 2.45) is 0 Å². The van der Waals surface area contributed by atoms with Crippen molar-refractivity contribution in [1.82, 2.24) is 0 Å². The number of hydrogen-bond acceptors (Lipinski definition) is 1. The Bertz CT molecular complexity index is 354. The predicted molar refractivity (Wildman–Crippen MR) is 63.7 cm³/mol. The van der Waals surface area contributed by atoms with Gasteiger partial charge in [-0.2, -0.15) is 0 Å². The van der Waals surface area contributed by atoms with Crippen molar-refractivity contribution in [2.75, 3.05) is 7.11 Å². The van der Waals surface area contributed by atoms with Gasteiger partial charge in [-0.25, -0.2) is 4.39 Å². The highest BCUT2D eigenvalue weighted by Gasteiger charge is 2.41. The lowest BCUT2D eigenvalue weighted by Crippen LogP contribution is -2.31. The van der Waals surface area contributed by atoms with E-state index in [4.69, 9.17) is 4.74 Å². The molecule has 2 rings (SSSR count). The molecule has 2 heteroatoms. The lowest BCUT2D eigenvalue weighted by Gasteiger charge is -2.31. The van der Waals surface area contributed by atoms with Crippen molar-refractivity contribution < 1.29 is 9.13 Å².